The van der Waals surface area contributed by atoms with Crippen molar-refractivity contribution in [2.24, 2.45) is 0 Å². The third kappa shape index (κ3) is 5.19. The third-order valence-electron chi connectivity index (χ3n) is 5.32. The molecule has 0 aliphatic rings. The molecule has 0 saturated heterocycles. The van der Waals surface area contributed by atoms with Crippen LogP contribution in [0.1, 0.15) is 39.2 Å². The summed E-state index contributed by atoms with van der Waals surface area (Å²) in [5.41, 5.74) is 0.453. The standard InChI is InChI=1S/C24H20ClN5O4S/c1-13(14-6-4-3-5-7-14)30(34)23(33)15-8-9-18(25)19(11-15)27-21(31)17-10-16-12-26-24(35-2)29-20(16)28-22(17)32/h3-13,34H,1-2H3,(H,27,31)(H,26,28,29,32). The fraction of sp³-hybridized carbons (Fsp3) is 0.125. The first-order valence-corrected chi connectivity index (χ1v) is 12.0. The number of aromatic nitrogens is 3. The number of amides is 2. The van der Waals surface area contributed by atoms with Gasteiger partial charge in [-0.1, -0.05) is 53.7 Å². The molecule has 2 heterocycles. The summed E-state index contributed by atoms with van der Waals surface area (Å²) in [5, 5.41) is 14.8. The molecule has 3 N–H and O–H groups in total. The van der Waals surface area contributed by atoms with Gasteiger partial charge in [0.2, 0.25) is 0 Å². The highest BCUT2D eigenvalue weighted by Crippen LogP contribution is 2.26. The first kappa shape index (κ1) is 24.4. The minimum Gasteiger partial charge on any atom is -0.320 e. The second-order valence-electron chi connectivity index (χ2n) is 7.56. The lowest BCUT2D eigenvalue weighted by molar-refractivity contribution is -0.0854. The number of hydroxylamine groups is 2. The minimum atomic E-state index is -0.730. The van der Waals surface area contributed by atoms with E-state index in [2.05, 4.69) is 20.3 Å². The third-order valence-corrected chi connectivity index (χ3v) is 6.21. The summed E-state index contributed by atoms with van der Waals surface area (Å²) < 4.78 is 0. The number of hydrogen-bond donors (Lipinski definition) is 3. The molecule has 0 fully saturated rings. The predicted molar refractivity (Wildman–Crippen MR) is 134 cm³/mol. The number of carbonyl (C=O) groups is 2. The number of benzene rings is 2. The Balaban J connectivity index is 1.58. The number of fused-ring (bicyclic) bond motifs is 1. The molecule has 2 amide bonds. The van der Waals surface area contributed by atoms with Gasteiger partial charge in [0.1, 0.15) is 11.2 Å². The van der Waals surface area contributed by atoms with E-state index in [-0.39, 0.29) is 21.8 Å². The van der Waals surface area contributed by atoms with Crippen LogP contribution in [-0.2, 0) is 0 Å². The van der Waals surface area contributed by atoms with Crippen LogP contribution in [0.2, 0.25) is 5.02 Å². The lowest BCUT2D eigenvalue weighted by Crippen LogP contribution is -2.30. The summed E-state index contributed by atoms with van der Waals surface area (Å²) in [7, 11) is 0. The number of hydrogen-bond acceptors (Lipinski definition) is 7. The highest BCUT2D eigenvalue weighted by molar-refractivity contribution is 7.98. The molecule has 2 aromatic carbocycles. The molecule has 35 heavy (non-hydrogen) atoms. The maximum Gasteiger partial charge on any atom is 0.277 e. The molecule has 0 aliphatic carbocycles. The molecular formula is C24H20ClN5O4S. The van der Waals surface area contributed by atoms with Crippen LogP contribution in [0, 0.1) is 0 Å². The van der Waals surface area contributed by atoms with Crippen LogP contribution in [0.25, 0.3) is 11.0 Å². The average molecular weight is 510 g/mol. The number of aromatic amines is 1. The second kappa shape index (κ2) is 10.3. The smallest absolute Gasteiger partial charge is 0.277 e. The van der Waals surface area contributed by atoms with Crippen molar-refractivity contribution in [1.29, 1.82) is 0 Å². The Bertz CT molecular complexity index is 1480. The van der Waals surface area contributed by atoms with Gasteiger partial charge in [-0.25, -0.2) is 15.0 Å². The Labute approximate surface area is 209 Å². The van der Waals surface area contributed by atoms with Crippen LogP contribution in [0.4, 0.5) is 5.69 Å². The number of carbonyl (C=O) groups excluding carboxylic acids is 2. The van der Waals surface area contributed by atoms with Crippen LogP contribution in [0.3, 0.4) is 0 Å². The van der Waals surface area contributed by atoms with Crippen LogP contribution < -0.4 is 10.9 Å². The molecule has 0 spiro atoms. The molecule has 4 aromatic rings. The molecule has 1 unspecified atom stereocenters. The Morgan fingerprint density at radius 3 is 2.63 bits per heavy atom. The number of rotatable bonds is 6. The zero-order valence-electron chi connectivity index (χ0n) is 18.7. The van der Waals surface area contributed by atoms with Crippen LogP contribution in [-0.4, -0.2) is 43.3 Å². The normalized spacial score (nSPS) is 11.8. The van der Waals surface area contributed by atoms with E-state index in [1.807, 2.05) is 24.5 Å². The topological polar surface area (TPSA) is 128 Å². The predicted octanol–water partition coefficient (Wildman–Crippen LogP) is 4.54. The Morgan fingerprint density at radius 2 is 1.91 bits per heavy atom. The van der Waals surface area contributed by atoms with Gasteiger partial charge in [-0.3, -0.25) is 19.6 Å². The van der Waals surface area contributed by atoms with Gasteiger partial charge in [0.15, 0.2) is 5.16 Å². The van der Waals surface area contributed by atoms with Gasteiger partial charge < -0.3 is 10.3 Å². The molecule has 4 rings (SSSR count). The number of anilines is 1. The fourth-order valence-electron chi connectivity index (χ4n) is 3.37. The van der Waals surface area contributed by atoms with Gasteiger partial charge in [-0.05, 0) is 43.0 Å². The van der Waals surface area contributed by atoms with Crippen LogP contribution >= 0.6 is 23.4 Å². The molecule has 0 saturated carbocycles. The van der Waals surface area contributed by atoms with Crippen molar-refractivity contribution < 1.29 is 14.8 Å². The highest BCUT2D eigenvalue weighted by Gasteiger charge is 2.22. The van der Waals surface area contributed by atoms with Crippen molar-refractivity contribution in [3.8, 4) is 0 Å². The summed E-state index contributed by atoms with van der Waals surface area (Å²) in [6.07, 6.45) is 3.32. The molecular weight excluding hydrogens is 490 g/mol. The largest absolute Gasteiger partial charge is 0.320 e. The van der Waals surface area contributed by atoms with Crippen molar-refractivity contribution in [3.05, 3.63) is 92.9 Å². The summed E-state index contributed by atoms with van der Waals surface area (Å²) in [4.78, 5) is 49.2. The molecule has 9 nitrogen and oxygen atoms in total. The number of nitrogens with zero attached hydrogens (tertiary/aromatic N) is 3. The number of halogens is 1. The number of H-pyrrole nitrogens is 1. The van der Waals surface area contributed by atoms with Crippen molar-refractivity contribution in [1.82, 2.24) is 20.0 Å². The van der Waals surface area contributed by atoms with Gasteiger partial charge in [-0.15, -0.1) is 0 Å². The van der Waals surface area contributed by atoms with E-state index in [1.165, 1.54) is 42.2 Å². The van der Waals surface area contributed by atoms with Gasteiger partial charge >= 0.3 is 0 Å². The molecule has 1 atom stereocenters. The molecule has 178 valence electrons. The quantitative estimate of drug-likeness (QED) is 0.151. The molecule has 2 aromatic heterocycles. The van der Waals surface area contributed by atoms with Gasteiger partial charge in [0.05, 0.1) is 16.8 Å². The molecule has 0 aliphatic heterocycles. The zero-order valence-corrected chi connectivity index (χ0v) is 20.2. The lowest BCUT2D eigenvalue weighted by atomic mass is 10.1. The lowest BCUT2D eigenvalue weighted by Gasteiger charge is -2.23. The van der Waals surface area contributed by atoms with E-state index < -0.39 is 23.4 Å². The number of nitrogens with one attached hydrogen (secondary N) is 2. The van der Waals surface area contributed by atoms with Gasteiger partial charge in [0.25, 0.3) is 17.4 Å². The van der Waals surface area contributed by atoms with E-state index in [4.69, 9.17) is 11.6 Å². The van der Waals surface area contributed by atoms with Gasteiger partial charge in [0, 0.05) is 17.1 Å². The van der Waals surface area contributed by atoms with Crippen molar-refractivity contribution in [3.63, 3.8) is 0 Å². The maximum atomic E-state index is 12.9. The Kier molecular flexibility index (Phi) is 7.15. The average Bonchev–Trinajstić information content (AvgIpc) is 2.88. The highest BCUT2D eigenvalue weighted by atomic mass is 35.5. The van der Waals surface area contributed by atoms with E-state index in [0.29, 0.717) is 21.3 Å². The number of pyridine rings is 1. The van der Waals surface area contributed by atoms with Crippen molar-refractivity contribution in [2.75, 3.05) is 11.6 Å². The molecule has 11 heteroatoms. The van der Waals surface area contributed by atoms with E-state index in [9.17, 15) is 19.6 Å². The summed E-state index contributed by atoms with van der Waals surface area (Å²) in [6.45, 7) is 1.68. The van der Waals surface area contributed by atoms with Gasteiger partial charge in [-0.2, -0.15) is 0 Å². The monoisotopic (exact) mass is 509 g/mol. The summed E-state index contributed by atoms with van der Waals surface area (Å²) in [5.74, 6) is -1.41. The van der Waals surface area contributed by atoms with E-state index in [0.717, 1.165) is 5.56 Å². The van der Waals surface area contributed by atoms with Crippen LogP contribution in [0.5, 0.6) is 0 Å². The van der Waals surface area contributed by atoms with Crippen molar-refractivity contribution >= 4 is 51.9 Å². The zero-order chi connectivity index (χ0) is 25.1. The summed E-state index contributed by atoms with van der Waals surface area (Å²) in [6, 6.07) is 14.0. The SMILES string of the molecule is CSc1ncc2cc(C(=O)Nc3cc(C(=O)N(O)C(C)c4ccccc4)ccc3Cl)c(=O)[nH]c2n1. The minimum absolute atomic E-state index is 0.0976. The van der Waals surface area contributed by atoms with Crippen LogP contribution in [0.15, 0.2) is 70.7 Å². The van der Waals surface area contributed by atoms with E-state index >= 15 is 0 Å². The second-order valence-corrected chi connectivity index (χ2v) is 8.74. The summed E-state index contributed by atoms with van der Waals surface area (Å²) >= 11 is 7.55. The first-order chi connectivity index (χ1) is 16.8. The fourth-order valence-corrected chi connectivity index (χ4v) is 3.87. The van der Waals surface area contributed by atoms with E-state index in [1.54, 1.807) is 19.1 Å². The first-order valence-electron chi connectivity index (χ1n) is 10.4. The molecule has 0 bridgehead atoms. The molecule has 0 radical (unpaired) electrons. The Hall–Kier alpha value is -3.73. The number of thioether (sulfide) groups is 1. The van der Waals surface area contributed by atoms with Crippen molar-refractivity contribution in [2.45, 2.75) is 18.1 Å². The maximum absolute atomic E-state index is 12.9. The Morgan fingerprint density at radius 1 is 1.17 bits per heavy atom.